The monoisotopic (exact) mass is 478 g/mol. The van der Waals surface area contributed by atoms with Gasteiger partial charge in [-0.05, 0) is 23.3 Å². The minimum Gasteiger partial charge on any atom is -0.481 e. The maximum absolute atomic E-state index is 14.6. The highest BCUT2D eigenvalue weighted by molar-refractivity contribution is 6.88. The van der Waals surface area contributed by atoms with Crippen molar-refractivity contribution in [3.8, 4) is 0 Å². The van der Waals surface area contributed by atoms with E-state index in [4.69, 9.17) is 9.84 Å². The van der Waals surface area contributed by atoms with Crippen molar-refractivity contribution in [2.24, 2.45) is 0 Å². The molecule has 1 atom stereocenters. The molecule has 0 aliphatic heterocycles. The Kier molecular flexibility index (Phi) is 8.83. The minimum absolute atomic E-state index is 0.0350. The van der Waals surface area contributed by atoms with E-state index in [1.54, 1.807) is 31.4 Å². The number of halogens is 2. The lowest BCUT2D eigenvalue weighted by molar-refractivity contribution is -0.139. The molecule has 1 unspecified atom stereocenters. The van der Waals surface area contributed by atoms with Gasteiger partial charge in [0.2, 0.25) is 5.91 Å². The topological polar surface area (TPSA) is 105 Å². The SMILES string of the molecule is COCc1ccc(C(NC(=O)CCC(=O)O)C(=O)Nc2cc(F)c([Si](C)(C)C)c(F)c2)cc1. The van der Waals surface area contributed by atoms with Crippen LogP contribution in [-0.4, -0.2) is 38.1 Å². The van der Waals surface area contributed by atoms with Crippen molar-refractivity contribution in [1.82, 2.24) is 5.32 Å². The number of methoxy groups -OCH3 is 1. The van der Waals surface area contributed by atoms with E-state index >= 15 is 0 Å². The second-order valence-corrected chi connectivity index (χ2v) is 13.6. The van der Waals surface area contributed by atoms with Crippen LogP contribution in [0.3, 0.4) is 0 Å². The fraction of sp³-hybridized carbons (Fsp3) is 0.348. The van der Waals surface area contributed by atoms with Crippen LogP contribution < -0.4 is 15.8 Å². The van der Waals surface area contributed by atoms with E-state index in [2.05, 4.69) is 10.6 Å². The fourth-order valence-electron chi connectivity index (χ4n) is 3.30. The fourth-order valence-corrected chi connectivity index (χ4v) is 4.88. The van der Waals surface area contributed by atoms with Gasteiger partial charge in [0.25, 0.3) is 5.91 Å². The maximum atomic E-state index is 14.6. The molecule has 2 aromatic carbocycles. The molecule has 0 aliphatic carbocycles. The number of carboxylic acid groups (broad SMARTS) is 1. The van der Waals surface area contributed by atoms with Crippen molar-refractivity contribution in [1.29, 1.82) is 0 Å². The second kappa shape index (κ2) is 11.1. The van der Waals surface area contributed by atoms with E-state index in [9.17, 15) is 23.2 Å². The number of rotatable bonds is 10. The summed E-state index contributed by atoms with van der Waals surface area (Å²) in [6, 6.07) is 7.57. The van der Waals surface area contributed by atoms with Gasteiger partial charge in [0.05, 0.1) is 21.1 Å². The summed E-state index contributed by atoms with van der Waals surface area (Å²) in [5.74, 6) is -4.00. The molecule has 0 radical (unpaired) electrons. The lowest BCUT2D eigenvalue weighted by Crippen LogP contribution is -2.42. The molecule has 2 aromatic rings. The predicted octanol–water partition coefficient (Wildman–Crippen LogP) is 3.32. The van der Waals surface area contributed by atoms with Gasteiger partial charge < -0.3 is 20.5 Å². The van der Waals surface area contributed by atoms with Gasteiger partial charge in [-0.15, -0.1) is 0 Å². The molecule has 0 spiro atoms. The molecule has 0 aromatic heterocycles. The Hall–Kier alpha value is -3.11. The molecule has 33 heavy (non-hydrogen) atoms. The number of ether oxygens (including phenoxy) is 1. The van der Waals surface area contributed by atoms with Gasteiger partial charge in [-0.25, -0.2) is 8.78 Å². The van der Waals surface area contributed by atoms with Crippen LogP contribution in [0.4, 0.5) is 14.5 Å². The van der Waals surface area contributed by atoms with Crippen LogP contribution in [0.2, 0.25) is 19.6 Å². The van der Waals surface area contributed by atoms with Gasteiger partial charge in [0.15, 0.2) is 0 Å². The Morgan fingerprint density at radius 1 is 1.03 bits per heavy atom. The predicted molar refractivity (Wildman–Crippen MR) is 123 cm³/mol. The standard InChI is InChI=1S/C23H28F2N2O5Si/c1-32-13-14-5-7-15(8-6-14)21(27-19(28)9-10-20(29)30)23(31)26-16-11-17(24)22(18(25)12-16)33(2,3)4/h5-8,11-12,21H,9-10,13H2,1-4H3,(H,26,31)(H,27,28)(H,29,30). The summed E-state index contributed by atoms with van der Waals surface area (Å²) < 4.78 is 34.2. The first-order chi connectivity index (χ1) is 15.4. The van der Waals surface area contributed by atoms with E-state index < -0.39 is 50.0 Å². The van der Waals surface area contributed by atoms with Crippen molar-refractivity contribution in [2.75, 3.05) is 12.4 Å². The van der Waals surface area contributed by atoms with Crippen LogP contribution in [0, 0.1) is 11.6 Å². The third-order valence-corrected chi connectivity index (χ3v) is 6.79. The highest BCUT2D eigenvalue weighted by Gasteiger charge is 2.27. The number of nitrogens with one attached hydrogen (secondary N) is 2. The largest absolute Gasteiger partial charge is 0.481 e. The van der Waals surface area contributed by atoms with Gasteiger partial charge in [0.1, 0.15) is 17.7 Å². The third kappa shape index (κ3) is 7.47. The maximum Gasteiger partial charge on any atom is 0.303 e. The molecule has 0 saturated carbocycles. The first kappa shape index (κ1) is 26.1. The van der Waals surface area contributed by atoms with Crippen LogP contribution >= 0.6 is 0 Å². The molecule has 0 heterocycles. The Morgan fingerprint density at radius 2 is 1.61 bits per heavy atom. The molecule has 2 amide bonds. The molecule has 3 N–H and O–H groups in total. The number of carbonyl (C=O) groups excluding carboxylic acids is 2. The number of aliphatic carboxylic acids is 1. The molecule has 10 heteroatoms. The summed E-state index contributed by atoms with van der Waals surface area (Å²) in [4.78, 5) is 36.0. The van der Waals surface area contributed by atoms with Crippen molar-refractivity contribution in [2.45, 2.75) is 45.1 Å². The summed E-state index contributed by atoms with van der Waals surface area (Å²) in [5, 5.41) is 13.8. The first-order valence-electron chi connectivity index (χ1n) is 10.3. The lowest BCUT2D eigenvalue weighted by Gasteiger charge is -2.21. The molecular weight excluding hydrogens is 450 g/mol. The number of amides is 2. The molecule has 0 fully saturated rings. The van der Waals surface area contributed by atoms with Crippen molar-refractivity contribution >= 4 is 36.7 Å². The molecule has 0 saturated heterocycles. The van der Waals surface area contributed by atoms with Crippen LogP contribution in [0.1, 0.15) is 30.0 Å². The van der Waals surface area contributed by atoms with Gasteiger partial charge in [0, 0.05) is 24.4 Å². The van der Waals surface area contributed by atoms with Crippen molar-refractivity contribution in [3.05, 3.63) is 59.2 Å². The molecule has 7 nitrogen and oxygen atoms in total. The highest BCUT2D eigenvalue weighted by atomic mass is 28.3. The zero-order chi connectivity index (χ0) is 24.8. The number of carboxylic acids is 1. The molecular formula is C23H28F2N2O5Si. The quantitative estimate of drug-likeness (QED) is 0.455. The minimum atomic E-state index is -2.29. The Balaban J connectivity index is 2.31. The van der Waals surface area contributed by atoms with E-state index in [0.29, 0.717) is 12.2 Å². The highest BCUT2D eigenvalue weighted by Crippen LogP contribution is 2.20. The van der Waals surface area contributed by atoms with Gasteiger partial charge in [-0.1, -0.05) is 43.9 Å². The van der Waals surface area contributed by atoms with E-state index in [1.165, 1.54) is 0 Å². The van der Waals surface area contributed by atoms with Crippen LogP contribution in [-0.2, 0) is 25.7 Å². The van der Waals surface area contributed by atoms with Crippen molar-refractivity contribution in [3.63, 3.8) is 0 Å². The van der Waals surface area contributed by atoms with Crippen LogP contribution in [0.5, 0.6) is 0 Å². The number of carbonyl (C=O) groups is 3. The Labute approximate surface area is 192 Å². The average Bonchev–Trinajstić information content (AvgIpc) is 2.69. The number of benzene rings is 2. The summed E-state index contributed by atoms with van der Waals surface area (Å²) in [5.41, 5.74) is 1.16. The normalized spacial score (nSPS) is 12.2. The van der Waals surface area contributed by atoms with Gasteiger partial charge in [-0.3, -0.25) is 14.4 Å². The van der Waals surface area contributed by atoms with Gasteiger partial charge in [-0.2, -0.15) is 0 Å². The molecule has 0 bridgehead atoms. The van der Waals surface area contributed by atoms with E-state index in [-0.39, 0.29) is 17.3 Å². The smallest absolute Gasteiger partial charge is 0.303 e. The molecule has 0 aliphatic rings. The van der Waals surface area contributed by atoms with Crippen LogP contribution in [0.25, 0.3) is 0 Å². The van der Waals surface area contributed by atoms with Crippen LogP contribution in [0.15, 0.2) is 36.4 Å². The lowest BCUT2D eigenvalue weighted by atomic mass is 10.0. The van der Waals surface area contributed by atoms with Gasteiger partial charge >= 0.3 is 5.97 Å². The number of anilines is 1. The average molecular weight is 479 g/mol. The van der Waals surface area contributed by atoms with E-state index in [1.807, 2.05) is 19.6 Å². The Morgan fingerprint density at radius 3 is 2.09 bits per heavy atom. The summed E-state index contributed by atoms with van der Waals surface area (Å²) in [6.45, 7) is 5.78. The third-order valence-electron chi connectivity index (χ3n) is 4.82. The summed E-state index contributed by atoms with van der Waals surface area (Å²) in [6.07, 6.45) is -0.726. The summed E-state index contributed by atoms with van der Waals surface area (Å²) in [7, 11) is -0.750. The second-order valence-electron chi connectivity index (χ2n) is 8.62. The van der Waals surface area contributed by atoms with E-state index in [0.717, 1.165) is 17.7 Å². The zero-order valence-electron chi connectivity index (χ0n) is 19.0. The zero-order valence-corrected chi connectivity index (χ0v) is 20.0. The molecule has 178 valence electrons. The Bertz CT molecular complexity index is 999. The summed E-state index contributed by atoms with van der Waals surface area (Å²) >= 11 is 0. The number of hydrogen-bond acceptors (Lipinski definition) is 4. The van der Waals surface area contributed by atoms with Crippen molar-refractivity contribution < 1.29 is 33.0 Å². The number of hydrogen-bond donors (Lipinski definition) is 3. The molecule has 2 rings (SSSR count). The first-order valence-corrected chi connectivity index (χ1v) is 13.8.